The fraction of sp³-hybridized carbons (Fsp3) is 0.500. The summed E-state index contributed by atoms with van der Waals surface area (Å²) in [6.45, 7) is 1.69. The lowest BCUT2D eigenvalue weighted by molar-refractivity contribution is -0.143. The van der Waals surface area contributed by atoms with Crippen LogP contribution in [0.3, 0.4) is 0 Å². The predicted octanol–water partition coefficient (Wildman–Crippen LogP) is 2.03. The van der Waals surface area contributed by atoms with Crippen LogP contribution in [-0.4, -0.2) is 44.3 Å². The van der Waals surface area contributed by atoms with Gasteiger partial charge in [-0.15, -0.1) is 0 Å². The molecule has 106 valence electrons. The maximum absolute atomic E-state index is 11.2. The molecule has 2 unspecified atom stereocenters. The third-order valence-corrected chi connectivity index (χ3v) is 3.18. The van der Waals surface area contributed by atoms with E-state index in [-0.39, 0.29) is 6.04 Å². The summed E-state index contributed by atoms with van der Waals surface area (Å²) in [6.07, 6.45) is 0. The van der Waals surface area contributed by atoms with Crippen LogP contribution in [0.5, 0.6) is 11.5 Å². The molecule has 0 saturated carbocycles. The van der Waals surface area contributed by atoms with Crippen molar-refractivity contribution in [1.29, 1.82) is 0 Å². The molecule has 0 radical (unpaired) electrons. The van der Waals surface area contributed by atoms with Crippen molar-refractivity contribution in [3.63, 3.8) is 0 Å². The first-order valence-electron chi connectivity index (χ1n) is 6.03. The highest BCUT2D eigenvalue weighted by Gasteiger charge is 2.29. The van der Waals surface area contributed by atoms with Crippen LogP contribution in [0, 0.1) is 5.92 Å². The fourth-order valence-electron chi connectivity index (χ4n) is 2.19. The van der Waals surface area contributed by atoms with Gasteiger partial charge in [-0.3, -0.25) is 4.79 Å². The quantitative estimate of drug-likeness (QED) is 0.854. The van der Waals surface area contributed by atoms with Crippen molar-refractivity contribution in [3.8, 4) is 11.5 Å². The number of aliphatic carboxylic acids is 1. The van der Waals surface area contributed by atoms with Crippen molar-refractivity contribution in [2.75, 3.05) is 28.3 Å². The van der Waals surface area contributed by atoms with Gasteiger partial charge in [-0.05, 0) is 20.2 Å². The number of nitrogens with zero attached hydrogens (tertiary/aromatic N) is 1. The second-order valence-electron chi connectivity index (χ2n) is 4.64. The van der Waals surface area contributed by atoms with Crippen LogP contribution in [0.1, 0.15) is 18.5 Å². The number of carboxylic acid groups (broad SMARTS) is 1. The van der Waals surface area contributed by atoms with Crippen molar-refractivity contribution in [1.82, 2.24) is 4.90 Å². The number of benzene rings is 1. The van der Waals surface area contributed by atoms with E-state index in [0.717, 1.165) is 5.56 Å². The molecule has 2 atom stereocenters. The largest absolute Gasteiger partial charge is 0.497 e. The van der Waals surface area contributed by atoms with E-state index in [9.17, 15) is 9.90 Å². The number of ether oxygens (including phenoxy) is 2. The molecule has 0 aliphatic rings. The van der Waals surface area contributed by atoms with E-state index in [0.29, 0.717) is 11.5 Å². The van der Waals surface area contributed by atoms with E-state index in [1.807, 2.05) is 31.1 Å². The zero-order chi connectivity index (χ0) is 14.6. The molecule has 19 heavy (non-hydrogen) atoms. The lowest BCUT2D eigenvalue weighted by Gasteiger charge is -2.29. The molecule has 5 heteroatoms. The van der Waals surface area contributed by atoms with E-state index in [1.165, 1.54) is 0 Å². The van der Waals surface area contributed by atoms with Crippen LogP contribution in [0.15, 0.2) is 18.2 Å². The summed E-state index contributed by atoms with van der Waals surface area (Å²) < 4.78 is 10.5. The van der Waals surface area contributed by atoms with Crippen LogP contribution >= 0.6 is 0 Å². The van der Waals surface area contributed by atoms with E-state index in [4.69, 9.17) is 9.47 Å². The van der Waals surface area contributed by atoms with Gasteiger partial charge in [-0.1, -0.05) is 13.0 Å². The Bertz CT molecular complexity index is 445. The second-order valence-corrected chi connectivity index (χ2v) is 4.64. The van der Waals surface area contributed by atoms with Gasteiger partial charge in [0.25, 0.3) is 0 Å². The molecule has 0 amide bonds. The van der Waals surface area contributed by atoms with Crippen LogP contribution in [0.4, 0.5) is 0 Å². The zero-order valence-corrected chi connectivity index (χ0v) is 12.0. The van der Waals surface area contributed by atoms with Gasteiger partial charge in [0, 0.05) is 11.6 Å². The Hall–Kier alpha value is -1.75. The molecule has 1 aromatic carbocycles. The van der Waals surface area contributed by atoms with Crippen molar-refractivity contribution < 1.29 is 19.4 Å². The molecule has 1 aromatic rings. The normalized spacial score (nSPS) is 14.0. The lowest BCUT2D eigenvalue weighted by atomic mass is 9.92. The van der Waals surface area contributed by atoms with E-state index in [2.05, 4.69) is 0 Å². The Balaban J connectivity index is 3.26. The highest BCUT2D eigenvalue weighted by Crippen LogP contribution is 2.35. The molecule has 0 fully saturated rings. The van der Waals surface area contributed by atoms with Crippen LogP contribution in [0.2, 0.25) is 0 Å². The smallest absolute Gasteiger partial charge is 0.308 e. The molecule has 0 aliphatic carbocycles. The highest BCUT2D eigenvalue weighted by atomic mass is 16.5. The first kappa shape index (κ1) is 15.3. The third kappa shape index (κ3) is 3.38. The minimum atomic E-state index is -0.837. The predicted molar refractivity (Wildman–Crippen MR) is 72.8 cm³/mol. The van der Waals surface area contributed by atoms with Gasteiger partial charge in [0.05, 0.1) is 26.2 Å². The minimum Gasteiger partial charge on any atom is -0.497 e. The van der Waals surface area contributed by atoms with Crippen molar-refractivity contribution in [3.05, 3.63) is 23.8 Å². The Kier molecular flexibility index (Phi) is 5.18. The molecule has 5 nitrogen and oxygen atoms in total. The number of hydrogen-bond donors (Lipinski definition) is 1. The maximum atomic E-state index is 11.2. The van der Waals surface area contributed by atoms with Gasteiger partial charge >= 0.3 is 5.97 Å². The standard InChI is InChI=1S/C14H21NO4/c1-9(14(16)17)13(15(2)3)11-7-6-10(18-4)8-12(11)19-5/h6-9,13H,1-5H3,(H,16,17). The van der Waals surface area contributed by atoms with Crippen molar-refractivity contribution in [2.45, 2.75) is 13.0 Å². The van der Waals surface area contributed by atoms with Gasteiger partial charge in [-0.25, -0.2) is 0 Å². The summed E-state index contributed by atoms with van der Waals surface area (Å²) in [6, 6.07) is 5.16. The van der Waals surface area contributed by atoms with Gasteiger partial charge < -0.3 is 19.5 Å². The molecule has 0 spiro atoms. The lowest BCUT2D eigenvalue weighted by Crippen LogP contribution is -2.30. The van der Waals surface area contributed by atoms with Crippen LogP contribution < -0.4 is 9.47 Å². The maximum Gasteiger partial charge on any atom is 0.308 e. The first-order valence-corrected chi connectivity index (χ1v) is 6.03. The van der Waals surface area contributed by atoms with Gasteiger partial charge in [-0.2, -0.15) is 0 Å². The summed E-state index contributed by atoms with van der Waals surface area (Å²) >= 11 is 0. The molecule has 0 saturated heterocycles. The molecular weight excluding hydrogens is 246 g/mol. The molecule has 0 bridgehead atoms. The monoisotopic (exact) mass is 267 g/mol. The molecule has 1 N–H and O–H groups in total. The SMILES string of the molecule is COc1ccc(C(C(C)C(=O)O)N(C)C)c(OC)c1. The Morgan fingerprint density at radius 1 is 1.26 bits per heavy atom. The van der Waals surface area contributed by atoms with Gasteiger partial charge in [0.15, 0.2) is 0 Å². The average Bonchev–Trinajstić information content (AvgIpc) is 2.38. The molecule has 0 aromatic heterocycles. The fourth-order valence-corrected chi connectivity index (χ4v) is 2.19. The number of carboxylic acids is 1. The van der Waals surface area contributed by atoms with Gasteiger partial charge in [0.1, 0.15) is 11.5 Å². The zero-order valence-electron chi connectivity index (χ0n) is 12.0. The van der Waals surface area contributed by atoms with E-state index < -0.39 is 11.9 Å². The molecular formula is C14H21NO4. The Morgan fingerprint density at radius 3 is 2.32 bits per heavy atom. The molecule has 1 rings (SSSR count). The highest BCUT2D eigenvalue weighted by molar-refractivity contribution is 5.71. The summed E-state index contributed by atoms with van der Waals surface area (Å²) in [7, 11) is 6.86. The van der Waals surface area contributed by atoms with E-state index >= 15 is 0 Å². The van der Waals surface area contributed by atoms with Gasteiger partial charge in [0.2, 0.25) is 0 Å². The van der Waals surface area contributed by atoms with Crippen molar-refractivity contribution in [2.24, 2.45) is 5.92 Å². The number of carbonyl (C=O) groups is 1. The van der Waals surface area contributed by atoms with Crippen molar-refractivity contribution >= 4 is 5.97 Å². The second kappa shape index (κ2) is 6.43. The third-order valence-electron chi connectivity index (χ3n) is 3.18. The average molecular weight is 267 g/mol. The Morgan fingerprint density at radius 2 is 1.89 bits per heavy atom. The minimum absolute atomic E-state index is 0.265. The summed E-state index contributed by atoms with van der Waals surface area (Å²) in [5.41, 5.74) is 0.836. The summed E-state index contributed by atoms with van der Waals surface area (Å²) in [5.74, 6) is -0.0684. The number of rotatable bonds is 6. The number of methoxy groups -OCH3 is 2. The Labute approximate surface area is 113 Å². The van der Waals surface area contributed by atoms with E-state index in [1.54, 1.807) is 27.2 Å². The summed E-state index contributed by atoms with van der Waals surface area (Å²) in [4.78, 5) is 13.1. The first-order chi connectivity index (χ1) is 8.92. The topological polar surface area (TPSA) is 59.0 Å². The summed E-state index contributed by atoms with van der Waals surface area (Å²) in [5, 5.41) is 9.23. The van der Waals surface area contributed by atoms with Crippen LogP contribution in [0.25, 0.3) is 0 Å². The number of hydrogen-bond acceptors (Lipinski definition) is 4. The molecule has 0 heterocycles. The molecule has 0 aliphatic heterocycles. The van der Waals surface area contributed by atoms with Crippen LogP contribution in [-0.2, 0) is 4.79 Å².